The van der Waals surface area contributed by atoms with E-state index >= 15 is 0 Å². The van der Waals surface area contributed by atoms with Crippen molar-refractivity contribution in [3.8, 4) is 0 Å². The number of primary amides is 1. The summed E-state index contributed by atoms with van der Waals surface area (Å²) in [6.07, 6.45) is 4.81. The zero-order chi connectivity index (χ0) is 17.6. The average molecular weight is 466 g/mol. The number of aryl methyl sites for hydroxylation is 2. The molecule has 0 saturated heterocycles. The number of nitrogens with two attached hydrogens (primary N) is 2. The van der Waals surface area contributed by atoms with Gasteiger partial charge in [0, 0.05) is 8.47 Å². The number of fused-ring (bicyclic) bond motifs is 2. The molecule has 4 N–H and O–H groups in total. The molecule has 128 valence electrons. The lowest BCUT2D eigenvalue weighted by Crippen LogP contribution is -2.19. The molecule has 2 heterocycles. The molecule has 1 amide bonds. The molecule has 0 bridgehead atoms. The van der Waals surface area contributed by atoms with Gasteiger partial charge in [0.15, 0.2) is 22.1 Å². The Morgan fingerprint density at radius 1 is 1.28 bits per heavy atom. The highest BCUT2D eigenvalue weighted by molar-refractivity contribution is 14.1. The third-order valence-corrected chi connectivity index (χ3v) is 6.50. The van der Waals surface area contributed by atoms with Crippen LogP contribution >= 0.6 is 34.4 Å². The van der Waals surface area contributed by atoms with E-state index in [1.165, 1.54) is 39.2 Å². The van der Waals surface area contributed by atoms with Crippen LogP contribution in [0.4, 0.5) is 5.82 Å². The smallest absolute Gasteiger partial charge is 0.237 e. The Balaban J connectivity index is 1.81. The highest BCUT2D eigenvalue weighted by atomic mass is 127. The summed E-state index contributed by atoms with van der Waals surface area (Å²) in [7, 11) is 0. The highest BCUT2D eigenvalue weighted by Gasteiger charge is 2.20. The Kier molecular flexibility index (Phi) is 4.28. The van der Waals surface area contributed by atoms with Crippen LogP contribution in [0.2, 0.25) is 0 Å². The van der Waals surface area contributed by atoms with Gasteiger partial charge in [-0.05, 0) is 65.1 Å². The molecule has 1 aliphatic carbocycles. The molecule has 1 aromatic carbocycles. The Labute approximate surface area is 161 Å². The zero-order valence-corrected chi connectivity index (χ0v) is 16.2. The van der Waals surface area contributed by atoms with Gasteiger partial charge >= 0.3 is 0 Å². The van der Waals surface area contributed by atoms with Gasteiger partial charge in [0.05, 0.1) is 0 Å². The minimum atomic E-state index is -0.456. The number of rotatable bonds is 4. The quantitative estimate of drug-likeness (QED) is 0.570. The number of benzene rings is 1. The highest BCUT2D eigenvalue weighted by Crippen LogP contribution is 2.36. The lowest BCUT2D eigenvalue weighted by atomic mass is 10.1. The first-order valence-corrected chi connectivity index (χ1v) is 9.66. The topological polar surface area (TPSA) is 113 Å². The minimum absolute atomic E-state index is 0.00317. The first kappa shape index (κ1) is 16.6. The second-order valence-corrected chi connectivity index (χ2v) is 8.06. The summed E-state index contributed by atoms with van der Waals surface area (Å²) in [5.74, 6) is -0.166. The lowest BCUT2D eigenvalue weighted by molar-refractivity contribution is -0.118. The number of hydrogen-bond donors (Lipinski definition) is 2. The maximum absolute atomic E-state index is 11.5. The van der Waals surface area contributed by atoms with Gasteiger partial charge in [0.25, 0.3) is 0 Å². The van der Waals surface area contributed by atoms with Crippen LogP contribution in [0.5, 0.6) is 0 Å². The van der Waals surface area contributed by atoms with Crippen molar-refractivity contribution in [3.05, 3.63) is 33.2 Å². The summed E-state index contributed by atoms with van der Waals surface area (Å²) in [5, 5.41) is 0.636. The van der Waals surface area contributed by atoms with Gasteiger partial charge in [0.2, 0.25) is 5.91 Å². The molecular formula is C16H15IN6OS. The average Bonchev–Trinajstić information content (AvgIpc) is 3.14. The van der Waals surface area contributed by atoms with Crippen LogP contribution in [0.1, 0.15) is 17.5 Å². The molecule has 3 aromatic rings. The molecule has 0 unspecified atom stereocenters. The molecule has 1 aliphatic rings. The van der Waals surface area contributed by atoms with Crippen LogP contribution in [-0.4, -0.2) is 25.4 Å². The summed E-state index contributed by atoms with van der Waals surface area (Å²) in [6, 6.07) is 4.46. The van der Waals surface area contributed by atoms with E-state index in [-0.39, 0.29) is 6.54 Å². The van der Waals surface area contributed by atoms with E-state index in [0.29, 0.717) is 22.1 Å². The van der Waals surface area contributed by atoms with E-state index in [1.807, 2.05) is 0 Å². The number of carbonyl (C=O) groups excluding carboxylic acids is 1. The van der Waals surface area contributed by atoms with Crippen LogP contribution in [-0.2, 0) is 24.2 Å². The normalized spacial score (nSPS) is 13.3. The largest absolute Gasteiger partial charge is 0.382 e. The molecule has 0 radical (unpaired) electrons. The summed E-state index contributed by atoms with van der Waals surface area (Å²) < 4.78 is 2.86. The molecule has 7 nitrogen and oxygen atoms in total. The third kappa shape index (κ3) is 3.06. The molecule has 2 aromatic heterocycles. The Morgan fingerprint density at radius 3 is 2.80 bits per heavy atom. The van der Waals surface area contributed by atoms with E-state index in [9.17, 15) is 4.79 Å². The van der Waals surface area contributed by atoms with Crippen LogP contribution in [0.15, 0.2) is 28.5 Å². The molecular weight excluding hydrogens is 451 g/mol. The van der Waals surface area contributed by atoms with Gasteiger partial charge in [-0.1, -0.05) is 11.8 Å². The first-order valence-electron chi connectivity index (χ1n) is 7.77. The van der Waals surface area contributed by atoms with Crippen molar-refractivity contribution in [2.24, 2.45) is 5.73 Å². The molecule has 0 atom stereocenters. The molecule has 0 spiro atoms. The van der Waals surface area contributed by atoms with Gasteiger partial charge < -0.3 is 11.5 Å². The minimum Gasteiger partial charge on any atom is -0.382 e. The van der Waals surface area contributed by atoms with Gasteiger partial charge in [-0.25, -0.2) is 15.0 Å². The van der Waals surface area contributed by atoms with Gasteiger partial charge in [0.1, 0.15) is 12.9 Å². The maximum Gasteiger partial charge on any atom is 0.237 e. The van der Waals surface area contributed by atoms with E-state index in [0.717, 1.165) is 17.7 Å². The number of anilines is 1. The summed E-state index contributed by atoms with van der Waals surface area (Å²) >= 11 is 3.84. The number of halogens is 1. The van der Waals surface area contributed by atoms with Gasteiger partial charge in [-0.2, -0.15) is 0 Å². The van der Waals surface area contributed by atoms with Crippen molar-refractivity contribution in [1.29, 1.82) is 0 Å². The van der Waals surface area contributed by atoms with E-state index < -0.39 is 5.91 Å². The lowest BCUT2D eigenvalue weighted by Gasteiger charge is -2.09. The van der Waals surface area contributed by atoms with Crippen LogP contribution in [0, 0.1) is 3.57 Å². The van der Waals surface area contributed by atoms with E-state index in [2.05, 4.69) is 49.7 Å². The zero-order valence-electron chi connectivity index (χ0n) is 13.2. The number of aromatic nitrogens is 4. The molecule has 0 fully saturated rings. The summed E-state index contributed by atoms with van der Waals surface area (Å²) in [6.45, 7) is -0.00317. The monoisotopic (exact) mass is 466 g/mol. The fourth-order valence-electron chi connectivity index (χ4n) is 3.06. The number of amides is 1. The predicted octanol–water partition coefficient (Wildman–Crippen LogP) is 2.14. The van der Waals surface area contributed by atoms with E-state index in [4.69, 9.17) is 11.5 Å². The van der Waals surface area contributed by atoms with Crippen LogP contribution in [0.3, 0.4) is 0 Å². The molecule has 25 heavy (non-hydrogen) atoms. The first-order chi connectivity index (χ1) is 12.0. The number of nitrogens with zero attached hydrogens (tertiary/aromatic N) is 4. The molecule has 4 rings (SSSR count). The fraction of sp³-hybridized carbons (Fsp3) is 0.250. The Hall–Kier alpha value is -1.88. The second kappa shape index (κ2) is 6.45. The van der Waals surface area contributed by atoms with Crippen molar-refractivity contribution in [1.82, 2.24) is 19.5 Å². The Bertz CT molecular complexity index is 1000. The van der Waals surface area contributed by atoms with Gasteiger partial charge in [-0.15, -0.1) is 0 Å². The molecule has 9 heteroatoms. The predicted molar refractivity (Wildman–Crippen MR) is 104 cm³/mol. The van der Waals surface area contributed by atoms with Crippen molar-refractivity contribution in [3.63, 3.8) is 0 Å². The second-order valence-electron chi connectivity index (χ2n) is 5.88. The van der Waals surface area contributed by atoms with Crippen LogP contribution < -0.4 is 11.5 Å². The number of carbonyl (C=O) groups is 1. The van der Waals surface area contributed by atoms with Crippen molar-refractivity contribution in [2.45, 2.75) is 35.9 Å². The number of hydrogen-bond acceptors (Lipinski definition) is 6. The van der Waals surface area contributed by atoms with Crippen LogP contribution in [0.25, 0.3) is 11.2 Å². The van der Waals surface area contributed by atoms with Gasteiger partial charge in [-0.3, -0.25) is 9.36 Å². The van der Waals surface area contributed by atoms with Crippen molar-refractivity contribution >= 4 is 57.2 Å². The summed E-state index contributed by atoms with van der Waals surface area (Å²) in [5.41, 5.74) is 15.1. The number of nitrogen functional groups attached to an aromatic ring is 1. The van der Waals surface area contributed by atoms with E-state index in [1.54, 1.807) is 4.57 Å². The third-order valence-electron chi connectivity index (χ3n) is 4.19. The van der Waals surface area contributed by atoms with Crippen molar-refractivity contribution < 1.29 is 4.79 Å². The summed E-state index contributed by atoms with van der Waals surface area (Å²) in [4.78, 5) is 25.4. The van der Waals surface area contributed by atoms with Crippen molar-refractivity contribution in [2.75, 3.05) is 5.73 Å². The number of imidazole rings is 1. The fourth-order valence-corrected chi connectivity index (χ4v) is 4.87. The molecule has 0 aliphatic heterocycles. The SMILES string of the molecule is NC(=O)Cn1c(Sc2cc3c(cc2I)CCC3)nc2c(N)ncnc21. The maximum atomic E-state index is 11.5. The molecule has 0 saturated carbocycles. The Morgan fingerprint density at radius 2 is 2.04 bits per heavy atom. The standard InChI is InChI=1S/C16H15IN6OS/c17-10-4-8-2-1-3-9(8)5-11(10)25-16-22-13-14(19)20-7-21-15(13)23(16)6-12(18)24/h4-5,7H,1-3,6H2,(H2,18,24)(H2,19,20,21).